The summed E-state index contributed by atoms with van der Waals surface area (Å²) >= 11 is 0. The minimum Gasteiger partial charge on any atom is -0.497 e. The first-order chi connectivity index (χ1) is 8.44. The van der Waals surface area contributed by atoms with Gasteiger partial charge in [-0.3, -0.25) is 0 Å². The van der Waals surface area contributed by atoms with Gasteiger partial charge in [-0.15, -0.1) is 0 Å². The molecule has 0 saturated heterocycles. The molecular formula is C13H18F3NO. The van der Waals surface area contributed by atoms with Crippen molar-refractivity contribution in [3.63, 3.8) is 0 Å². The number of nitrogens with one attached hydrogen (secondary N) is 1. The van der Waals surface area contributed by atoms with Crippen LogP contribution in [-0.4, -0.2) is 26.4 Å². The molecule has 1 aromatic carbocycles. The van der Waals surface area contributed by atoms with E-state index in [9.17, 15) is 13.2 Å². The molecule has 1 aromatic rings. The number of halogens is 3. The van der Waals surface area contributed by atoms with Crippen molar-refractivity contribution in [2.24, 2.45) is 0 Å². The topological polar surface area (TPSA) is 21.3 Å². The van der Waals surface area contributed by atoms with Crippen molar-refractivity contribution in [3.05, 3.63) is 29.8 Å². The fraction of sp³-hybridized carbons (Fsp3) is 0.538. The second-order valence-electron chi connectivity index (χ2n) is 4.19. The Morgan fingerprint density at radius 3 is 2.28 bits per heavy atom. The van der Waals surface area contributed by atoms with Crippen LogP contribution < -0.4 is 10.1 Å². The third-order valence-electron chi connectivity index (χ3n) is 2.83. The Morgan fingerprint density at radius 1 is 1.22 bits per heavy atom. The predicted octanol–water partition coefficient (Wildman–Crippen LogP) is 3.17. The molecule has 0 aliphatic rings. The van der Waals surface area contributed by atoms with Gasteiger partial charge in [-0.05, 0) is 37.6 Å². The van der Waals surface area contributed by atoms with Crippen molar-refractivity contribution >= 4 is 0 Å². The van der Waals surface area contributed by atoms with E-state index in [4.69, 9.17) is 4.74 Å². The number of benzene rings is 1. The molecule has 0 saturated carbocycles. The number of alkyl halides is 3. The number of rotatable bonds is 6. The fourth-order valence-electron chi connectivity index (χ4n) is 1.76. The van der Waals surface area contributed by atoms with E-state index in [0.29, 0.717) is 12.8 Å². The van der Waals surface area contributed by atoms with Gasteiger partial charge in [-0.25, -0.2) is 0 Å². The summed E-state index contributed by atoms with van der Waals surface area (Å²) in [6.45, 7) is 0. The molecule has 5 heteroatoms. The largest absolute Gasteiger partial charge is 0.497 e. The van der Waals surface area contributed by atoms with Crippen LogP contribution in [0.25, 0.3) is 0 Å². The van der Waals surface area contributed by atoms with Gasteiger partial charge in [-0.1, -0.05) is 12.1 Å². The Balaban J connectivity index is 2.46. The van der Waals surface area contributed by atoms with Crippen LogP contribution in [0.5, 0.6) is 5.75 Å². The summed E-state index contributed by atoms with van der Waals surface area (Å²) in [6.07, 6.45) is -3.83. The van der Waals surface area contributed by atoms with E-state index in [1.165, 1.54) is 0 Å². The summed E-state index contributed by atoms with van der Waals surface area (Å²) in [4.78, 5) is 0. The van der Waals surface area contributed by atoms with Gasteiger partial charge in [0.05, 0.1) is 13.5 Å². The Kier molecular flexibility index (Phi) is 5.47. The van der Waals surface area contributed by atoms with Crippen molar-refractivity contribution in [1.29, 1.82) is 0 Å². The van der Waals surface area contributed by atoms with E-state index < -0.39 is 18.6 Å². The SMILES string of the molecule is CNC(CCc1ccc(OC)cc1)CC(F)(F)F. The maximum Gasteiger partial charge on any atom is 0.390 e. The molecule has 18 heavy (non-hydrogen) atoms. The van der Waals surface area contributed by atoms with E-state index >= 15 is 0 Å². The Bertz CT molecular complexity index is 348. The molecule has 2 nitrogen and oxygen atoms in total. The standard InChI is InChI=1S/C13H18F3NO/c1-17-11(9-13(14,15)16)6-3-10-4-7-12(18-2)8-5-10/h4-5,7-8,11,17H,3,6,9H2,1-2H3. The first-order valence-electron chi connectivity index (χ1n) is 5.81. The van der Waals surface area contributed by atoms with Crippen molar-refractivity contribution in [1.82, 2.24) is 5.32 Å². The predicted molar refractivity (Wildman–Crippen MR) is 64.8 cm³/mol. The molecule has 1 unspecified atom stereocenters. The second kappa shape index (κ2) is 6.64. The van der Waals surface area contributed by atoms with Crippen molar-refractivity contribution < 1.29 is 17.9 Å². The average molecular weight is 261 g/mol. The van der Waals surface area contributed by atoms with E-state index in [1.54, 1.807) is 14.2 Å². The van der Waals surface area contributed by atoms with Crippen LogP contribution in [0.15, 0.2) is 24.3 Å². The molecule has 0 fully saturated rings. The molecule has 0 heterocycles. The van der Waals surface area contributed by atoms with Crippen LogP contribution in [0.4, 0.5) is 13.2 Å². The maximum atomic E-state index is 12.3. The summed E-state index contributed by atoms with van der Waals surface area (Å²) in [5.74, 6) is 0.749. The van der Waals surface area contributed by atoms with E-state index in [-0.39, 0.29) is 0 Å². The lowest BCUT2D eigenvalue weighted by molar-refractivity contribution is -0.140. The number of hydrogen-bond donors (Lipinski definition) is 1. The first-order valence-corrected chi connectivity index (χ1v) is 5.81. The van der Waals surface area contributed by atoms with E-state index in [1.807, 2.05) is 24.3 Å². The van der Waals surface area contributed by atoms with Crippen molar-refractivity contribution in [3.8, 4) is 5.75 Å². The Morgan fingerprint density at radius 2 is 1.83 bits per heavy atom. The highest BCUT2D eigenvalue weighted by Gasteiger charge is 2.30. The highest BCUT2D eigenvalue weighted by atomic mass is 19.4. The molecule has 0 bridgehead atoms. The second-order valence-corrected chi connectivity index (χ2v) is 4.19. The van der Waals surface area contributed by atoms with Crippen molar-refractivity contribution in [2.45, 2.75) is 31.5 Å². The molecule has 0 spiro atoms. The third kappa shape index (κ3) is 5.40. The molecule has 0 aliphatic carbocycles. The zero-order valence-corrected chi connectivity index (χ0v) is 10.6. The number of methoxy groups -OCH3 is 1. The van der Waals surface area contributed by atoms with E-state index in [0.717, 1.165) is 11.3 Å². The van der Waals surface area contributed by atoms with Gasteiger partial charge < -0.3 is 10.1 Å². The lowest BCUT2D eigenvalue weighted by Gasteiger charge is -2.17. The van der Waals surface area contributed by atoms with Crippen molar-refractivity contribution in [2.75, 3.05) is 14.2 Å². The smallest absolute Gasteiger partial charge is 0.390 e. The third-order valence-corrected chi connectivity index (χ3v) is 2.83. The zero-order valence-electron chi connectivity index (χ0n) is 10.6. The van der Waals surface area contributed by atoms with E-state index in [2.05, 4.69) is 5.32 Å². The molecule has 0 amide bonds. The minimum absolute atomic E-state index is 0.461. The molecule has 0 aliphatic heterocycles. The zero-order chi connectivity index (χ0) is 13.6. The monoisotopic (exact) mass is 261 g/mol. The molecule has 0 radical (unpaired) electrons. The summed E-state index contributed by atoms with van der Waals surface area (Å²) in [7, 11) is 3.14. The summed E-state index contributed by atoms with van der Waals surface area (Å²) in [5, 5.41) is 2.71. The number of hydrogen-bond acceptors (Lipinski definition) is 2. The average Bonchev–Trinajstić information content (AvgIpc) is 2.33. The number of aryl methyl sites for hydroxylation is 1. The first kappa shape index (κ1) is 14.8. The molecule has 1 atom stereocenters. The Hall–Kier alpha value is -1.23. The van der Waals surface area contributed by atoms with Crippen LogP contribution in [0.3, 0.4) is 0 Å². The quantitative estimate of drug-likeness (QED) is 0.849. The van der Waals surface area contributed by atoms with Crippen LogP contribution in [0, 0.1) is 0 Å². The lowest BCUT2D eigenvalue weighted by Crippen LogP contribution is -2.31. The fourth-order valence-corrected chi connectivity index (χ4v) is 1.76. The molecule has 102 valence electrons. The molecule has 1 N–H and O–H groups in total. The van der Waals surface area contributed by atoms with Gasteiger partial charge in [0.25, 0.3) is 0 Å². The normalized spacial score (nSPS) is 13.4. The van der Waals surface area contributed by atoms with Crippen LogP contribution in [0.1, 0.15) is 18.4 Å². The lowest BCUT2D eigenvalue weighted by atomic mass is 10.0. The Labute approximate surface area is 105 Å². The van der Waals surface area contributed by atoms with Gasteiger partial charge in [0, 0.05) is 6.04 Å². The highest BCUT2D eigenvalue weighted by Crippen LogP contribution is 2.23. The summed E-state index contributed by atoms with van der Waals surface area (Å²) < 4.78 is 41.8. The maximum absolute atomic E-state index is 12.3. The van der Waals surface area contributed by atoms with Gasteiger partial charge in [-0.2, -0.15) is 13.2 Å². The summed E-state index contributed by atoms with van der Waals surface area (Å²) in [5.41, 5.74) is 1.01. The highest BCUT2D eigenvalue weighted by molar-refractivity contribution is 5.27. The van der Waals surface area contributed by atoms with Gasteiger partial charge in [0.1, 0.15) is 5.75 Å². The van der Waals surface area contributed by atoms with Crippen LogP contribution in [-0.2, 0) is 6.42 Å². The molecule has 0 aromatic heterocycles. The van der Waals surface area contributed by atoms with Gasteiger partial charge in [0.15, 0.2) is 0 Å². The van der Waals surface area contributed by atoms with Crippen LogP contribution >= 0.6 is 0 Å². The minimum atomic E-state index is -4.12. The van der Waals surface area contributed by atoms with Gasteiger partial charge >= 0.3 is 6.18 Å². The van der Waals surface area contributed by atoms with Crippen LogP contribution in [0.2, 0.25) is 0 Å². The number of ether oxygens (including phenoxy) is 1. The molecule has 1 rings (SSSR count). The van der Waals surface area contributed by atoms with Gasteiger partial charge in [0.2, 0.25) is 0 Å². The summed E-state index contributed by atoms with van der Waals surface area (Å²) in [6, 6.07) is 6.84. The molecular weight excluding hydrogens is 243 g/mol.